The van der Waals surface area contributed by atoms with Crippen LogP contribution in [0.15, 0.2) is 60.7 Å². The van der Waals surface area contributed by atoms with E-state index < -0.39 is 0 Å². The fraction of sp³-hybridized carbons (Fsp3) is 0.227. The monoisotopic (exact) mass is 374 g/mol. The zero-order valence-corrected chi connectivity index (χ0v) is 15.3. The van der Waals surface area contributed by atoms with Crippen LogP contribution in [0.25, 0.3) is 17.0 Å². The lowest BCUT2D eigenvalue weighted by Crippen LogP contribution is -1.99. The van der Waals surface area contributed by atoms with Crippen molar-refractivity contribution in [3.05, 3.63) is 72.0 Å². The minimum Gasteiger partial charge on any atom is -0.438 e. The zero-order chi connectivity index (χ0) is 18.9. The molecule has 0 amide bonds. The van der Waals surface area contributed by atoms with Crippen molar-refractivity contribution in [2.24, 2.45) is 0 Å². The highest BCUT2D eigenvalue weighted by Gasteiger charge is 2.17. The fourth-order valence-electron chi connectivity index (χ4n) is 3.85. The first-order valence-corrected chi connectivity index (χ1v) is 9.52. The lowest BCUT2D eigenvalue weighted by Gasteiger charge is -2.11. The molecule has 4 aromatic rings. The number of benzene rings is 2. The maximum Gasteiger partial charge on any atom is 0.237 e. The van der Waals surface area contributed by atoms with Crippen LogP contribution in [-0.4, -0.2) is 19.8 Å². The molecule has 1 saturated carbocycles. The molecule has 0 unspecified atom stereocenters. The third-order valence-electron chi connectivity index (χ3n) is 5.23. The third kappa shape index (κ3) is 3.22. The van der Waals surface area contributed by atoms with Crippen molar-refractivity contribution in [2.45, 2.75) is 31.6 Å². The van der Waals surface area contributed by atoms with Gasteiger partial charge in [-0.1, -0.05) is 37.1 Å². The van der Waals surface area contributed by atoms with Gasteiger partial charge in [-0.15, -0.1) is 15.3 Å². The molecule has 5 nitrogen and oxygen atoms in total. The number of nitrogens with zero attached hydrogens (tertiary/aromatic N) is 4. The standard InChI is InChI=1S/C22H19FN4O/c23-18-9-3-8-17(13-18)22-25-24-20-11-12-21(26-27(20)22)28-19-10-4-7-16(14-19)15-5-1-2-6-15/h3-4,7-15H,1-2,5-6H2. The quantitative estimate of drug-likeness (QED) is 0.481. The van der Waals surface area contributed by atoms with E-state index in [0.717, 1.165) is 5.75 Å². The lowest BCUT2D eigenvalue weighted by atomic mass is 9.98. The van der Waals surface area contributed by atoms with Gasteiger partial charge >= 0.3 is 0 Å². The molecule has 0 spiro atoms. The summed E-state index contributed by atoms with van der Waals surface area (Å²) in [5.74, 6) is 1.96. The number of halogens is 1. The average molecular weight is 374 g/mol. The Balaban J connectivity index is 1.47. The molecule has 0 atom stereocenters. The molecular formula is C22H19FN4O. The molecule has 0 radical (unpaired) electrons. The molecule has 0 aliphatic heterocycles. The summed E-state index contributed by atoms with van der Waals surface area (Å²) in [5, 5.41) is 12.8. The van der Waals surface area contributed by atoms with Gasteiger partial charge in [0.1, 0.15) is 11.6 Å². The maximum atomic E-state index is 13.6. The molecule has 5 rings (SSSR count). The van der Waals surface area contributed by atoms with Gasteiger partial charge in [-0.05, 0) is 54.7 Å². The topological polar surface area (TPSA) is 52.3 Å². The Hall–Kier alpha value is -3.28. The first-order chi connectivity index (χ1) is 13.8. The van der Waals surface area contributed by atoms with Crippen LogP contribution in [0.4, 0.5) is 4.39 Å². The predicted octanol–water partition coefficient (Wildman–Crippen LogP) is 5.38. The van der Waals surface area contributed by atoms with E-state index in [2.05, 4.69) is 27.4 Å². The van der Waals surface area contributed by atoms with Crippen LogP contribution >= 0.6 is 0 Å². The molecule has 0 N–H and O–H groups in total. The Morgan fingerprint density at radius 2 is 1.79 bits per heavy atom. The summed E-state index contributed by atoms with van der Waals surface area (Å²) in [5.41, 5.74) is 2.51. The van der Waals surface area contributed by atoms with Gasteiger partial charge in [0.15, 0.2) is 11.5 Å². The van der Waals surface area contributed by atoms with Crippen LogP contribution in [0.1, 0.15) is 37.2 Å². The maximum absolute atomic E-state index is 13.6. The van der Waals surface area contributed by atoms with E-state index in [1.165, 1.54) is 43.4 Å². The Bertz CT molecular complexity index is 1130. The normalized spacial score (nSPS) is 14.6. The minimum atomic E-state index is -0.328. The highest BCUT2D eigenvalue weighted by molar-refractivity contribution is 5.58. The van der Waals surface area contributed by atoms with Gasteiger partial charge in [-0.2, -0.15) is 4.52 Å². The van der Waals surface area contributed by atoms with Crippen molar-refractivity contribution in [1.29, 1.82) is 0 Å². The molecule has 2 heterocycles. The Kier molecular flexibility index (Phi) is 4.24. The SMILES string of the molecule is Fc1cccc(-c2nnc3ccc(Oc4cccc(C5CCCC5)c4)nn23)c1. The number of rotatable bonds is 4. The van der Waals surface area contributed by atoms with E-state index in [4.69, 9.17) is 4.74 Å². The van der Waals surface area contributed by atoms with E-state index in [0.29, 0.717) is 28.8 Å². The van der Waals surface area contributed by atoms with Gasteiger partial charge in [0.05, 0.1) is 0 Å². The van der Waals surface area contributed by atoms with Crippen molar-refractivity contribution in [2.75, 3.05) is 0 Å². The predicted molar refractivity (Wildman–Crippen MR) is 104 cm³/mol. The van der Waals surface area contributed by atoms with Gasteiger partial charge in [-0.25, -0.2) is 4.39 Å². The van der Waals surface area contributed by atoms with Crippen LogP contribution in [0, 0.1) is 5.82 Å². The van der Waals surface area contributed by atoms with Crippen molar-refractivity contribution in [3.63, 3.8) is 0 Å². The third-order valence-corrected chi connectivity index (χ3v) is 5.23. The largest absolute Gasteiger partial charge is 0.438 e. The number of aromatic nitrogens is 4. The summed E-state index contributed by atoms with van der Waals surface area (Å²) < 4.78 is 21.2. The molecule has 2 aromatic heterocycles. The van der Waals surface area contributed by atoms with Crippen LogP contribution in [-0.2, 0) is 0 Å². The van der Waals surface area contributed by atoms with Crippen LogP contribution in [0.2, 0.25) is 0 Å². The van der Waals surface area contributed by atoms with Gasteiger partial charge < -0.3 is 4.74 Å². The summed E-state index contributed by atoms with van der Waals surface area (Å²) in [6.45, 7) is 0. The Morgan fingerprint density at radius 1 is 0.929 bits per heavy atom. The summed E-state index contributed by atoms with van der Waals surface area (Å²) in [6.07, 6.45) is 5.08. The average Bonchev–Trinajstić information content (AvgIpc) is 3.38. The molecule has 0 bridgehead atoms. The highest BCUT2D eigenvalue weighted by atomic mass is 19.1. The highest BCUT2D eigenvalue weighted by Crippen LogP contribution is 2.35. The molecule has 28 heavy (non-hydrogen) atoms. The van der Waals surface area contributed by atoms with E-state index in [1.54, 1.807) is 28.8 Å². The molecular weight excluding hydrogens is 355 g/mol. The van der Waals surface area contributed by atoms with Gasteiger partial charge in [0.2, 0.25) is 5.88 Å². The number of hydrogen-bond acceptors (Lipinski definition) is 4. The molecule has 140 valence electrons. The van der Waals surface area contributed by atoms with Gasteiger partial charge in [0.25, 0.3) is 0 Å². The van der Waals surface area contributed by atoms with Crippen molar-refractivity contribution >= 4 is 5.65 Å². The summed E-state index contributed by atoms with van der Waals surface area (Å²) in [4.78, 5) is 0. The molecule has 1 fully saturated rings. The van der Waals surface area contributed by atoms with E-state index in [-0.39, 0.29) is 5.82 Å². The summed E-state index contributed by atoms with van der Waals surface area (Å²) in [7, 11) is 0. The summed E-state index contributed by atoms with van der Waals surface area (Å²) in [6, 6.07) is 18.0. The number of ether oxygens (including phenoxy) is 1. The second kappa shape index (κ2) is 7.03. The molecule has 0 saturated heterocycles. The minimum absolute atomic E-state index is 0.328. The lowest BCUT2D eigenvalue weighted by molar-refractivity contribution is 0.451. The Morgan fingerprint density at radius 3 is 2.64 bits per heavy atom. The van der Waals surface area contributed by atoms with Crippen molar-refractivity contribution in [1.82, 2.24) is 19.8 Å². The molecule has 6 heteroatoms. The van der Waals surface area contributed by atoms with Gasteiger partial charge in [-0.3, -0.25) is 0 Å². The van der Waals surface area contributed by atoms with Crippen LogP contribution < -0.4 is 4.74 Å². The smallest absolute Gasteiger partial charge is 0.237 e. The Labute approximate surface area is 161 Å². The molecule has 1 aliphatic rings. The van der Waals surface area contributed by atoms with E-state index in [1.807, 2.05) is 12.1 Å². The van der Waals surface area contributed by atoms with Crippen molar-refractivity contribution < 1.29 is 9.13 Å². The van der Waals surface area contributed by atoms with Crippen molar-refractivity contribution in [3.8, 4) is 23.0 Å². The molecule has 2 aromatic carbocycles. The summed E-state index contributed by atoms with van der Waals surface area (Å²) >= 11 is 0. The second-order valence-electron chi connectivity index (χ2n) is 7.13. The van der Waals surface area contributed by atoms with E-state index in [9.17, 15) is 4.39 Å². The first kappa shape index (κ1) is 16.9. The number of hydrogen-bond donors (Lipinski definition) is 0. The van der Waals surface area contributed by atoms with Gasteiger partial charge in [0, 0.05) is 11.6 Å². The number of fused-ring (bicyclic) bond motifs is 1. The van der Waals surface area contributed by atoms with Crippen LogP contribution in [0.3, 0.4) is 0 Å². The van der Waals surface area contributed by atoms with Crippen LogP contribution in [0.5, 0.6) is 11.6 Å². The van der Waals surface area contributed by atoms with E-state index >= 15 is 0 Å². The zero-order valence-electron chi connectivity index (χ0n) is 15.3. The fourth-order valence-corrected chi connectivity index (χ4v) is 3.85. The first-order valence-electron chi connectivity index (χ1n) is 9.52. The second-order valence-corrected chi connectivity index (χ2v) is 7.13. The molecule has 1 aliphatic carbocycles.